The quantitative estimate of drug-likeness (QED) is 0.318. The molecule has 0 aliphatic carbocycles. The molecule has 0 fully saturated rings. The molecule has 0 amide bonds. The summed E-state index contributed by atoms with van der Waals surface area (Å²) >= 11 is 0. The third-order valence-corrected chi connectivity index (χ3v) is 10.4. The molecular weight excluding hydrogens is 288 g/mol. The third kappa shape index (κ3) is 4.23. The Balaban J connectivity index is 3.11. The van der Waals surface area contributed by atoms with Gasteiger partial charge in [-0.05, 0) is 22.7 Å². The maximum atomic E-state index is 6.78. The Bertz CT molecular complexity index is 444. The van der Waals surface area contributed by atoms with Crippen molar-refractivity contribution in [1.29, 1.82) is 0 Å². The van der Waals surface area contributed by atoms with Gasteiger partial charge in [-0.2, -0.15) is 0 Å². The molecule has 0 radical (unpaired) electrons. The fourth-order valence-corrected chi connectivity index (χ4v) is 8.81. The highest BCUT2D eigenvalue weighted by Crippen LogP contribution is 2.43. The van der Waals surface area contributed by atoms with Gasteiger partial charge in [-0.1, -0.05) is 65.8 Å². The Hall–Kier alpha value is -1.06. The lowest BCUT2D eigenvalue weighted by Crippen LogP contribution is -2.50. The number of hydrogen-bond acceptors (Lipinski definition) is 2. The topological polar surface area (TPSA) is 18.5 Å². The zero-order valence-electron chi connectivity index (χ0n) is 15.1. The SMILES string of the molecule is C=CCOCc1ccccc1O[Si](C(C)C)(C(C)C)C(C)C. The third-order valence-electron chi connectivity index (χ3n) is 4.46. The first kappa shape index (κ1) is 19.0. The van der Waals surface area contributed by atoms with E-state index in [0.29, 0.717) is 29.8 Å². The molecule has 22 heavy (non-hydrogen) atoms. The van der Waals surface area contributed by atoms with Gasteiger partial charge < -0.3 is 9.16 Å². The van der Waals surface area contributed by atoms with Gasteiger partial charge in [-0.15, -0.1) is 6.58 Å². The molecule has 0 aliphatic rings. The Morgan fingerprint density at radius 1 is 1.00 bits per heavy atom. The number of para-hydroxylation sites is 1. The van der Waals surface area contributed by atoms with Crippen molar-refractivity contribution < 1.29 is 9.16 Å². The Kier molecular flexibility index (Phi) is 7.37. The van der Waals surface area contributed by atoms with E-state index < -0.39 is 8.32 Å². The largest absolute Gasteiger partial charge is 0.542 e. The molecule has 3 heteroatoms. The van der Waals surface area contributed by atoms with E-state index in [2.05, 4.69) is 60.3 Å². The standard InChI is InChI=1S/C19H32O2Si/c1-8-13-20-14-18-11-9-10-12-19(18)21-22(15(2)3,16(4)5)17(6)7/h8-12,15-17H,1,13-14H2,2-7H3. The van der Waals surface area contributed by atoms with E-state index in [1.54, 1.807) is 6.08 Å². The minimum absolute atomic E-state index is 0.564. The van der Waals surface area contributed by atoms with Gasteiger partial charge in [0, 0.05) is 5.56 Å². The molecular formula is C19H32O2Si. The van der Waals surface area contributed by atoms with Crippen LogP contribution in [-0.2, 0) is 11.3 Å². The van der Waals surface area contributed by atoms with Crippen LogP contribution in [0.3, 0.4) is 0 Å². The Labute approximate surface area is 137 Å². The monoisotopic (exact) mass is 320 g/mol. The van der Waals surface area contributed by atoms with Crippen LogP contribution in [-0.4, -0.2) is 14.9 Å². The molecule has 0 spiro atoms. The molecule has 0 saturated carbocycles. The summed E-state index contributed by atoms with van der Waals surface area (Å²) in [4.78, 5) is 0. The van der Waals surface area contributed by atoms with Crippen molar-refractivity contribution >= 4 is 8.32 Å². The van der Waals surface area contributed by atoms with E-state index in [0.717, 1.165) is 11.3 Å². The predicted molar refractivity (Wildman–Crippen MR) is 98.0 cm³/mol. The van der Waals surface area contributed by atoms with Crippen LogP contribution in [0.15, 0.2) is 36.9 Å². The van der Waals surface area contributed by atoms with Crippen molar-refractivity contribution in [2.24, 2.45) is 0 Å². The minimum Gasteiger partial charge on any atom is -0.542 e. The van der Waals surface area contributed by atoms with Crippen molar-refractivity contribution in [3.63, 3.8) is 0 Å². The number of ether oxygens (including phenoxy) is 1. The average molecular weight is 321 g/mol. The molecule has 124 valence electrons. The first-order chi connectivity index (χ1) is 10.4. The molecule has 0 unspecified atom stereocenters. The van der Waals surface area contributed by atoms with Gasteiger partial charge in [0.2, 0.25) is 0 Å². The first-order valence-corrected chi connectivity index (χ1v) is 10.5. The lowest BCUT2D eigenvalue weighted by Gasteiger charge is -2.42. The maximum Gasteiger partial charge on any atom is 0.258 e. The maximum absolute atomic E-state index is 6.78. The fourth-order valence-electron chi connectivity index (χ4n) is 3.52. The summed E-state index contributed by atoms with van der Waals surface area (Å²) in [7, 11) is -1.92. The van der Waals surface area contributed by atoms with Gasteiger partial charge in [0.15, 0.2) is 0 Å². The predicted octanol–water partition coefficient (Wildman–Crippen LogP) is 5.94. The van der Waals surface area contributed by atoms with Crippen molar-refractivity contribution in [1.82, 2.24) is 0 Å². The van der Waals surface area contributed by atoms with Crippen molar-refractivity contribution in [3.8, 4) is 5.75 Å². The normalized spacial score (nSPS) is 12.2. The van der Waals surface area contributed by atoms with E-state index in [1.165, 1.54) is 0 Å². The molecule has 0 aliphatic heterocycles. The van der Waals surface area contributed by atoms with Crippen molar-refractivity contribution in [3.05, 3.63) is 42.5 Å². The van der Waals surface area contributed by atoms with E-state index in [-0.39, 0.29) is 0 Å². The summed E-state index contributed by atoms with van der Waals surface area (Å²) in [5.41, 5.74) is 2.82. The molecule has 0 atom stereocenters. The highest BCUT2D eigenvalue weighted by molar-refractivity contribution is 6.78. The molecule has 0 aromatic heterocycles. The first-order valence-electron chi connectivity index (χ1n) is 8.31. The summed E-state index contributed by atoms with van der Waals surface area (Å²) < 4.78 is 12.4. The summed E-state index contributed by atoms with van der Waals surface area (Å²) in [6, 6.07) is 8.27. The second-order valence-electron chi connectivity index (χ2n) is 6.83. The molecule has 0 saturated heterocycles. The Morgan fingerprint density at radius 2 is 1.55 bits per heavy atom. The van der Waals surface area contributed by atoms with Crippen molar-refractivity contribution in [2.45, 2.75) is 64.8 Å². The van der Waals surface area contributed by atoms with Gasteiger partial charge in [-0.25, -0.2) is 0 Å². The molecule has 1 aromatic rings. The second-order valence-corrected chi connectivity index (χ2v) is 12.2. The lowest BCUT2D eigenvalue weighted by atomic mass is 10.2. The number of rotatable bonds is 9. The summed E-state index contributed by atoms with van der Waals surface area (Å²) in [5.74, 6) is 0.995. The molecule has 0 heterocycles. The lowest BCUT2D eigenvalue weighted by molar-refractivity contribution is 0.147. The van der Waals surface area contributed by atoms with Crippen molar-refractivity contribution in [2.75, 3.05) is 6.61 Å². The van der Waals surface area contributed by atoms with E-state index in [1.807, 2.05) is 12.1 Å². The van der Waals surface area contributed by atoms with Gasteiger partial charge in [0.25, 0.3) is 8.32 Å². The van der Waals surface area contributed by atoms with Crippen LogP contribution in [0.5, 0.6) is 5.75 Å². The summed E-state index contributed by atoms with van der Waals surface area (Å²) in [5, 5.41) is 0. The van der Waals surface area contributed by atoms with Gasteiger partial charge >= 0.3 is 0 Å². The van der Waals surface area contributed by atoms with Crippen LogP contribution in [0.4, 0.5) is 0 Å². The van der Waals surface area contributed by atoms with E-state index >= 15 is 0 Å². The van der Waals surface area contributed by atoms with Crippen LogP contribution >= 0.6 is 0 Å². The van der Waals surface area contributed by atoms with Gasteiger partial charge in [-0.3, -0.25) is 0 Å². The molecule has 1 aromatic carbocycles. The summed E-state index contributed by atoms with van der Waals surface area (Å²) in [6.45, 7) is 18.7. The minimum atomic E-state index is -1.92. The molecule has 0 bridgehead atoms. The highest BCUT2D eigenvalue weighted by Gasteiger charge is 2.47. The average Bonchev–Trinajstić information content (AvgIpc) is 2.45. The van der Waals surface area contributed by atoms with E-state index in [4.69, 9.17) is 9.16 Å². The molecule has 0 N–H and O–H groups in total. The Morgan fingerprint density at radius 3 is 2.05 bits per heavy atom. The number of benzene rings is 1. The molecule has 2 nitrogen and oxygen atoms in total. The smallest absolute Gasteiger partial charge is 0.258 e. The van der Waals surface area contributed by atoms with Crippen LogP contribution in [0.2, 0.25) is 16.6 Å². The number of hydrogen-bond donors (Lipinski definition) is 0. The van der Waals surface area contributed by atoms with Crippen LogP contribution in [0.25, 0.3) is 0 Å². The van der Waals surface area contributed by atoms with E-state index in [9.17, 15) is 0 Å². The van der Waals surface area contributed by atoms with Crippen LogP contribution in [0.1, 0.15) is 47.1 Å². The molecule has 1 rings (SSSR count). The second kappa shape index (κ2) is 8.54. The van der Waals surface area contributed by atoms with Crippen LogP contribution in [0, 0.1) is 0 Å². The van der Waals surface area contributed by atoms with Crippen LogP contribution < -0.4 is 4.43 Å². The fraction of sp³-hybridized carbons (Fsp3) is 0.579. The zero-order chi connectivity index (χ0) is 16.8. The zero-order valence-corrected chi connectivity index (χ0v) is 16.1. The van der Waals surface area contributed by atoms with Gasteiger partial charge in [0.05, 0.1) is 13.2 Å². The summed E-state index contributed by atoms with van der Waals surface area (Å²) in [6.07, 6.45) is 1.78. The highest BCUT2D eigenvalue weighted by atomic mass is 28.4. The van der Waals surface area contributed by atoms with Gasteiger partial charge in [0.1, 0.15) is 5.75 Å².